The molecule has 2 heterocycles. The molecule has 1 aliphatic carbocycles. The minimum absolute atomic E-state index is 0.0636. The Bertz CT molecular complexity index is 1010. The molecule has 0 saturated heterocycles. The molecule has 146 valence electrons. The van der Waals surface area contributed by atoms with Gasteiger partial charge in [-0.05, 0) is 25.0 Å². The number of carbonyl (C=O) groups excluding carboxylic acids is 1. The molecule has 3 aromatic rings. The van der Waals surface area contributed by atoms with Gasteiger partial charge in [-0.1, -0.05) is 18.9 Å². The fourth-order valence-corrected chi connectivity index (χ4v) is 3.65. The van der Waals surface area contributed by atoms with Crippen molar-refractivity contribution in [3.05, 3.63) is 36.2 Å². The van der Waals surface area contributed by atoms with Gasteiger partial charge in [0.15, 0.2) is 0 Å². The Morgan fingerprint density at radius 1 is 1.25 bits per heavy atom. The first-order valence-corrected chi connectivity index (χ1v) is 9.39. The van der Waals surface area contributed by atoms with Crippen LogP contribution in [0.1, 0.15) is 36.0 Å². The quantitative estimate of drug-likeness (QED) is 0.530. The number of aryl methyl sites for hydroxylation is 1. The van der Waals surface area contributed by atoms with Gasteiger partial charge in [0.25, 0.3) is 5.91 Å². The Labute approximate surface area is 162 Å². The summed E-state index contributed by atoms with van der Waals surface area (Å²) >= 11 is 0. The Balaban J connectivity index is 1.67. The summed E-state index contributed by atoms with van der Waals surface area (Å²) in [6.45, 7) is 0. The van der Waals surface area contributed by atoms with Crippen molar-refractivity contribution in [2.75, 3.05) is 10.6 Å². The number of aromatic nitrogens is 4. The van der Waals surface area contributed by atoms with E-state index in [9.17, 15) is 4.79 Å². The van der Waals surface area contributed by atoms with E-state index in [1.54, 1.807) is 10.9 Å². The zero-order valence-corrected chi connectivity index (χ0v) is 15.7. The molecule has 6 N–H and O–H groups in total. The molecule has 0 unspecified atom stereocenters. The van der Waals surface area contributed by atoms with E-state index in [-0.39, 0.29) is 17.6 Å². The van der Waals surface area contributed by atoms with E-state index in [4.69, 9.17) is 11.5 Å². The van der Waals surface area contributed by atoms with Gasteiger partial charge in [-0.15, -0.1) is 0 Å². The van der Waals surface area contributed by atoms with E-state index >= 15 is 0 Å². The van der Waals surface area contributed by atoms with E-state index in [1.807, 2.05) is 25.2 Å². The van der Waals surface area contributed by atoms with Gasteiger partial charge >= 0.3 is 0 Å². The third-order valence-electron chi connectivity index (χ3n) is 5.23. The minimum Gasteiger partial charge on any atom is -0.365 e. The second-order valence-electron chi connectivity index (χ2n) is 7.15. The van der Waals surface area contributed by atoms with E-state index in [0.29, 0.717) is 11.8 Å². The van der Waals surface area contributed by atoms with Crippen LogP contribution in [0.15, 0.2) is 30.6 Å². The third-order valence-corrected chi connectivity index (χ3v) is 5.23. The average molecular weight is 380 g/mol. The zero-order valence-electron chi connectivity index (χ0n) is 15.7. The summed E-state index contributed by atoms with van der Waals surface area (Å²) < 4.78 is 1.78. The van der Waals surface area contributed by atoms with Gasteiger partial charge in [-0.25, -0.2) is 4.98 Å². The van der Waals surface area contributed by atoms with Crippen LogP contribution in [0.3, 0.4) is 0 Å². The maximum atomic E-state index is 11.9. The second-order valence-corrected chi connectivity index (χ2v) is 7.15. The largest absolute Gasteiger partial charge is 0.365 e. The molecule has 1 amide bonds. The van der Waals surface area contributed by atoms with Crippen molar-refractivity contribution in [2.24, 2.45) is 18.5 Å². The highest BCUT2D eigenvalue weighted by Gasteiger charge is 2.23. The average Bonchev–Trinajstić information content (AvgIpc) is 3.06. The van der Waals surface area contributed by atoms with Crippen LogP contribution in [0.2, 0.25) is 0 Å². The molecular formula is C19H24N8O. The number of anilines is 3. The van der Waals surface area contributed by atoms with Crippen molar-refractivity contribution in [1.82, 2.24) is 19.7 Å². The highest BCUT2D eigenvalue weighted by molar-refractivity contribution is 6.00. The predicted octanol–water partition coefficient (Wildman–Crippen LogP) is 1.89. The van der Waals surface area contributed by atoms with Crippen LogP contribution in [0.4, 0.5) is 17.5 Å². The Kier molecular flexibility index (Phi) is 4.82. The number of fused-ring (bicyclic) bond motifs is 1. The van der Waals surface area contributed by atoms with Crippen molar-refractivity contribution in [2.45, 2.75) is 37.8 Å². The van der Waals surface area contributed by atoms with E-state index in [2.05, 4.69) is 25.7 Å². The van der Waals surface area contributed by atoms with Crippen molar-refractivity contribution in [3.63, 3.8) is 0 Å². The maximum absolute atomic E-state index is 11.9. The predicted molar refractivity (Wildman–Crippen MR) is 108 cm³/mol. The number of carbonyl (C=O) groups is 1. The van der Waals surface area contributed by atoms with Crippen LogP contribution in [0.5, 0.6) is 0 Å². The molecule has 4 rings (SSSR count). The molecule has 0 radical (unpaired) electrons. The molecule has 0 spiro atoms. The standard InChI is InChI=1S/C19H24N8O/c1-27-16-8-4-7-14(11(16)10-23-27)24-18-12(17(21)28)9-22-19(26-18)25-15-6-3-2-5-13(15)20/h4,7-10,13,15H,2-3,5-6,20H2,1H3,(H2,21,28)(H2,22,24,25,26)/t13-,15+/m0/s1. The lowest BCUT2D eigenvalue weighted by Crippen LogP contribution is -2.43. The molecular weight excluding hydrogens is 356 g/mol. The number of hydrogen-bond donors (Lipinski definition) is 4. The summed E-state index contributed by atoms with van der Waals surface area (Å²) in [6.07, 6.45) is 7.42. The first kappa shape index (κ1) is 18.2. The van der Waals surface area contributed by atoms with Gasteiger partial charge in [0.2, 0.25) is 5.95 Å². The van der Waals surface area contributed by atoms with Crippen LogP contribution < -0.4 is 22.1 Å². The Morgan fingerprint density at radius 3 is 2.86 bits per heavy atom. The van der Waals surface area contributed by atoms with Crippen LogP contribution in [-0.2, 0) is 7.05 Å². The number of hydrogen-bond acceptors (Lipinski definition) is 7. The lowest BCUT2D eigenvalue weighted by Gasteiger charge is -2.29. The van der Waals surface area contributed by atoms with Gasteiger partial charge in [-0.3, -0.25) is 9.48 Å². The van der Waals surface area contributed by atoms with E-state index in [1.165, 1.54) is 6.20 Å². The molecule has 1 fully saturated rings. The van der Waals surface area contributed by atoms with Gasteiger partial charge in [0.05, 0.1) is 17.4 Å². The maximum Gasteiger partial charge on any atom is 0.254 e. The zero-order chi connectivity index (χ0) is 19.7. The van der Waals surface area contributed by atoms with Gasteiger partial charge in [0, 0.05) is 30.7 Å². The molecule has 2 aromatic heterocycles. The number of rotatable bonds is 5. The molecule has 9 heteroatoms. The molecule has 1 aliphatic rings. The van der Waals surface area contributed by atoms with Crippen molar-refractivity contribution >= 4 is 34.3 Å². The molecule has 2 atom stereocenters. The monoisotopic (exact) mass is 380 g/mol. The molecule has 1 aromatic carbocycles. The summed E-state index contributed by atoms with van der Waals surface area (Å²) in [6, 6.07) is 5.97. The smallest absolute Gasteiger partial charge is 0.254 e. The van der Waals surface area contributed by atoms with Crippen molar-refractivity contribution in [1.29, 1.82) is 0 Å². The van der Waals surface area contributed by atoms with Crippen molar-refractivity contribution < 1.29 is 4.79 Å². The number of benzene rings is 1. The van der Waals surface area contributed by atoms with Crippen LogP contribution in [0, 0.1) is 0 Å². The summed E-state index contributed by atoms with van der Waals surface area (Å²) in [7, 11) is 1.88. The Morgan fingerprint density at radius 2 is 2.07 bits per heavy atom. The minimum atomic E-state index is -0.596. The summed E-state index contributed by atoms with van der Waals surface area (Å²) in [4.78, 5) is 20.7. The first-order valence-electron chi connectivity index (χ1n) is 9.39. The molecule has 0 aliphatic heterocycles. The lowest BCUT2D eigenvalue weighted by atomic mass is 9.91. The van der Waals surface area contributed by atoms with Crippen LogP contribution in [0.25, 0.3) is 10.9 Å². The number of nitrogens with two attached hydrogens (primary N) is 2. The summed E-state index contributed by atoms with van der Waals surface area (Å²) in [5, 5.41) is 11.7. The fraction of sp³-hybridized carbons (Fsp3) is 0.368. The second kappa shape index (κ2) is 7.43. The topological polar surface area (TPSA) is 137 Å². The van der Waals surface area contributed by atoms with Crippen LogP contribution in [-0.4, -0.2) is 37.7 Å². The lowest BCUT2D eigenvalue weighted by molar-refractivity contribution is 0.100. The van der Waals surface area contributed by atoms with Gasteiger partial charge in [0.1, 0.15) is 11.4 Å². The fourth-order valence-electron chi connectivity index (χ4n) is 3.65. The van der Waals surface area contributed by atoms with Crippen LogP contribution >= 0.6 is 0 Å². The number of primary amides is 1. The molecule has 0 bridgehead atoms. The van der Waals surface area contributed by atoms with Gasteiger partial charge in [-0.2, -0.15) is 10.1 Å². The summed E-state index contributed by atoms with van der Waals surface area (Å²) in [5.41, 5.74) is 13.7. The Hall–Kier alpha value is -3.20. The summed E-state index contributed by atoms with van der Waals surface area (Å²) in [5.74, 6) is 0.181. The highest BCUT2D eigenvalue weighted by atomic mass is 16.1. The molecule has 1 saturated carbocycles. The first-order chi connectivity index (χ1) is 13.5. The number of nitrogens with zero attached hydrogens (tertiary/aromatic N) is 4. The molecule has 28 heavy (non-hydrogen) atoms. The highest BCUT2D eigenvalue weighted by Crippen LogP contribution is 2.27. The van der Waals surface area contributed by atoms with E-state index in [0.717, 1.165) is 42.3 Å². The van der Waals surface area contributed by atoms with Gasteiger partial charge < -0.3 is 22.1 Å². The molecule has 9 nitrogen and oxygen atoms in total. The number of amides is 1. The van der Waals surface area contributed by atoms with Crippen molar-refractivity contribution in [3.8, 4) is 0 Å². The number of nitrogens with one attached hydrogen (secondary N) is 2. The third kappa shape index (κ3) is 3.48. The van der Waals surface area contributed by atoms with E-state index < -0.39 is 5.91 Å². The normalized spacial score (nSPS) is 19.5. The SMILES string of the molecule is Cn1ncc2c(Nc3nc(N[C@@H]4CCCC[C@@H]4N)ncc3C(N)=O)cccc21.